The summed E-state index contributed by atoms with van der Waals surface area (Å²) in [5.74, 6) is 1.12. The summed E-state index contributed by atoms with van der Waals surface area (Å²) in [7, 11) is 0. The number of carbonyl (C=O) groups excluding carboxylic acids is 1. The highest BCUT2D eigenvalue weighted by Crippen LogP contribution is 2.41. The average Bonchev–Trinajstić information content (AvgIpc) is 3.24. The zero-order valence-corrected chi connectivity index (χ0v) is 18.9. The molecule has 4 N–H and O–H groups in total. The molecule has 0 aliphatic carbocycles. The van der Waals surface area contributed by atoms with Gasteiger partial charge in [-0.25, -0.2) is 4.98 Å². The number of hydrogen-bond donors (Lipinski definition) is 2. The van der Waals surface area contributed by atoms with E-state index in [1.165, 1.54) is 11.8 Å². The second-order valence-electron chi connectivity index (χ2n) is 6.26. The van der Waals surface area contributed by atoms with Gasteiger partial charge in [-0.15, -0.1) is 0 Å². The molecule has 0 saturated carbocycles. The Balaban J connectivity index is 1.85. The number of amides is 1. The summed E-state index contributed by atoms with van der Waals surface area (Å²) in [6.45, 7) is 8.11. The quantitative estimate of drug-likeness (QED) is 0.493. The van der Waals surface area contributed by atoms with Crippen molar-refractivity contribution >= 4 is 46.1 Å². The van der Waals surface area contributed by atoms with Crippen LogP contribution in [0.2, 0.25) is 0 Å². The Bertz CT molecular complexity index is 869. The minimum atomic E-state index is -0.623. The lowest BCUT2D eigenvalue weighted by Crippen LogP contribution is -2.25. The Labute approximate surface area is 182 Å². The summed E-state index contributed by atoms with van der Waals surface area (Å²) in [5, 5.41) is 0.641. The fourth-order valence-corrected chi connectivity index (χ4v) is 4.71. The van der Waals surface area contributed by atoms with Gasteiger partial charge in [0.05, 0.1) is 0 Å². The van der Waals surface area contributed by atoms with Crippen LogP contribution in [0.5, 0.6) is 11.5 Å². The molecule has 2 heterocycles. The predicted molar refractivity (Wildman–Crippen MR) is 117 cm³/mol. The molecule has 0 bridgehead atoms. The maximum atomic E-state index is 11.7. The number of rotatable bonds is 9. The SMILES string of the molecule is CCN(CC)CCCn1c(Sc2cc3c(cc2I)OCO3)nc(C(N)=O)c1N. The third-order valence-corrected chi connectivity index (χ3v) is 6.89. The number of ether oxygens (including phenoxy) is 2. The van der Waals surface area contributed by atoms with Crippen LogP contribution in [0.4, 0.5) is 5.82 Å². The van der Waals surface area contributed by atoms with Crippen molar-refractivity contribution in [2.24, 2.45) is 5.73 Å². The maximum absolute atomic E-state index is 11.7. The van der Waals surface area contributed by atoms with Crippen molar-refractivity contribution in [2.75, 3.05) is 32.2 Å². The molecule has 0 spiro atoms. The molecule has 1 amide bonds. The van der Waals surface area contributed by atoms with Gasteiger partial charge in [-0.3, -0.25) is 4.79 Å². The van der Waals surface area contributed by atoms with Gasteiger partial charge < -0.3 is 30.4 Å². The van der Waals surface area contributed by atoms with Crippen molar-refractivity contribution in [2.45, 2.75) is 36.9 Å². The van der Waals surface area contributed by atoms with Crippen LogP contribution >= 0.6 is 34.4 Å². The van der Waals surface area contributed by atoms with E-state index in [0.29, 0.717) is 23.3 Å². The minimum absolute atomic E-state index is 0.112. The van der Waals surface area contributed by atoms with Gasteiger partial charge in [0, 0.05) is 15.0 Å². The van der Waals surface area contributed by atoms with Crippen LogP contribution in [-0.2, 0) is 6.54 Å². The lowest BCUT2D eigenvalue weighted by atomic mass is 10.3. The van der Waals surface area contributed by atoms with E-state index in [9.17, 15) is 4.79 Å². The molecule has 1 aromatic carbocycles. The fraction of sp³-hybridized carbons (Fsp3) is 0.444. The molecule has 1 aliphatic rings. The van der Waals surface area contributed by atoms with E-state index in [0.717, 1.165) is 40.3 Å². The number of anilines is 1. The number of nitrogens with two attached hydrogens (primary N) is 2. The Hall–Kier alpha value is -1.66. The molecule has 0 fully saturated rings. The topological polar surface area (TPSA) is 109 Å². The van der Waals surface area contributed by atoms with Crippen LogP contribution in [0, 0.1) is 3.57 Å². The number of primary amides is 1. The summed E-state index contributed by atoms with van der Waals surface area (Å²) in [6, 6.07) is 3.85. The summed E-state index contributed by atoms with van der Waals surface area (Å²) in [4.78, 5) is 19.5. The molecular weight excluding hydrogens is 493 g/mol. The molecule has 1 aliphatic heterocycles. The first-order valence-corrected chi connectivity index (χ1v) is 11.0. The first kappa shape index (κ1) is 21.1. The first-order chi connectivity index (χ1) is 13.4. The number of fused-ring (bicyclic) bond motifs is 1. The van der Waals surface area contributed by atoms with Crippen LogP contribution in [0.1, 0.15) is 30.8 Å². The third kappa shape index (κ3) is 4.49. The van der Waals surface area contributed by atoms with Crippen molar-refractivity contribution in [3.8, 4) is 11.5 Å². The zero-order valence-electron chi connectivity index (χ0n) is 15.9. The number of aromatic nitrogens is 2. The summed E-state index contributed by atoms with van der Waals surface area (Å²) in [5.41, 5.74) is 11.8. The Morgan fingerprint density at radius 1 is 1.32 bits per heavy atom. The van der Waals surface area contributed by atoms with Crippen molar-refractivity contribution in [3.63, 3.8) is 0 Å². The Morgan fingerprint density at radius 2 is 2.00 bits per heavy atom. The van der Waals surface area contributed by atoms with Gasteiger partial charge in [-0.2, -0.15) is 0 Å². The van der Waals surface area contributed by atoms with Crippen LogP contribution in [0.15, 0.2) is 22.2 Å². The Kier molecular flexibility index (Phi) is 6.94. The fourth-order valence-electron chi connectivity index (χ4n) is 2.99. The van der Waals surface area contributed by atoms with Gasteiger partial charge in [0.25, 0.3) is 5.91 Å². The van der Waals surface area contributed by atoms with E-state index in [4.69, 9.17) is 20.9 Å². The number of imidazole rings is 1. The molecule has 152 valence electrons. The number of halogens is 1. The second-order valence-corrected chi connectivity index (χ2v) is 8.43. The average molecular weight is 517 g/mol. The molecule has 0 atom stereocenters. The largest absolute Gasteiger partial charge is 0.454 e. The van der Waals surface area contributed by atoms with E-state index in [1.807, 2.05) is 16.7 Å². The van der Waals surface area contributed by atoms with E-state index in [1.54, 1.807) is 0 Å². The van der Waals surface area contributed by atoms with Crippen LogP contribution in [-0.4, -0.2) is 46.8 Å². The summed E-state index contributed by atoms with van der Waals surface area (Å²) >= 11 is 3.68. The lowest BCUT2D eigenvalue weighted by molar-refractivity contribution is 0.0996. The van der Waals surface area contributed by atoms with E-state index in [-0.39, 0.29) is 12.5 Å². The van der Waals surface area contributed by atoms with E-state index >= 15 is 0 Å². The Morgan fingerprint density at radius 3 is 2.64 bits per heavy atom. The number of benzene rings is 1. The summed E-state index contributed by atoms with van der Waals surface area (Å²) in [6.07, 6.45) is 0.895. The molecular formula is C18H24IN5O3S. The highest BCUT2D eigenvalue weighted by atomic mass is 127. The summed E-state index contributed by atoms with van der Waals surface area (Å²) < 4.78 is 13.8. The van der Waals surface area contributed by atoms with Gasteiger partial charge in [0.2, 0.25) is 6.79 Å². The highest BCUT2D eigenvalue weighted by molar-refractivity contribution is 14.1. The normalized spacial score (nSPS) is 12.7. The molecule has 0 unspecified atom stereocenters. The second kappa shape index (κ2) is 9.23. The third-order valence-electron chi connectivity index (χ3n) is 4.58. The highest BCUT2D eigenvalue weighted by Gasteiger charge is 2.22. The van der Waals surface area contributed by atoms with Gasteiger partial charge in [-0.1, -0.05) is 25.6 Å². The first-order valence-electron chi connectivity index (χ1n) is 9.09. The van der Waals surface area contributed by atoms with Crippen LogP contribution in [0.25, 0.3) is 0 Å². The van der Waals surface area contributed by atoms with Gasteiger partial charge in [0.15, 0.2) is 22.3 Å². The van der Waals surface area contributed by atoms with Crippen molar-refractivity contribution in [1.29, 1.82) is 0 Å². The van der Waals surface area contributed by atoms with Crippen molar-refractivity contribution in [3.05, 3.63) is 21.4 Å². The van der Waals surface area contributed by atoms with Gasteiger partial charge in [-0.05, 0) is 60.8 Å². The van der Waals surface area contributed by atoms with Crippen molar-refractivity contribution in [1.82, 2.24) is 14.5 Å². The number of nitrogen functional groups attached to an aromatic ring is 1. The standard InChI is InChI=1S/C18H24IN5O3S/c1-3-23(4-2)6-5-7-24-16(20)15(17(21)25)22-18(24)28-14-9-13-12(8-11(14)19)26-10-27-13/h8-9H,3-7,10,20H2,1-2H3,(H2,21,25). The monoisotopic (exact) mass is 517 g/mol. The molecule has 0 saturated heterocycles. The van der Waals surface area contributed by atoms with E-state index in [2.05, 4.69) is 46.3 Å². The zero-order chi connectivity index (χ0) is 20.3. The van der Waals surface area contributed by atoms with Crippen molar-refractivity contribution < 1.29 is 14.3 Å². The molecule has 3 rings (SSSR count). The number of nitrogens with zero attached hydrogens (tertiary/aromatic N) is 3. The minimum Gasteiger partial charge on any atom is -0.454 e. The molecule has 28 heavy (non-hydrogen) atoms. The molecule has 10 heteroatoms. The smallest absolute Gasteiger partial charge is 0.271 e. The van der Waals surface area contributed by atoms with Gasteiger partial charge in [0.1, 0.15) is 5.82 Å². The molecule has 1 aromatic heterocycles. The van der Waals surface area contributed by atoms with Crippen LogP contribution < -0.4 is 20.9 Å². The molecule has 2 aromatic rings. The lowest BCUT2D eigenvalue weighted by Gasteiger charge is -2.18. The molecule has 8 nitrogen and oxygen atoms in total. The predicted octanol–water partition coefficient (Wildman–Crippen LogP) is 2.78. The number of carbonyl (C=O) groups is 1. The molecule has 0 radical (unpaired) electrons. The number of hydrogen-bond acceptors (Lipinski definition) is 7. The maximum Gasteiger partial charge on any atom is 0.271 e. The van der Waals surface area contributed by atoms with Gasteiger partial charge >= 0.3 is 0 Å². The van der Waals surface area contributed by atoms with E-state index < -0.39 is 5.91 Å². The van der Waals surface area contributed by atoms with Crippen LogP contribution in [0.3, 0.4) is 0 Å².